The molecule has 1 aromatic heterocycles. The number of benzene rings is 2. The minimum atomic E-state index is -0.330. The molecule has 7 nitrogen and oxygen atoms in total. The van der Waals surface area contributed by atoms with Crippen LogP contribution >= 0.6 is 0 Å². The van der Waals surface area contributed by atoms with Gasteiger partial charge in [0.05, 0.1) is 19.9 Å². The SMILES string of the molecule is COc1ccc(CNC(=O)Cn2nc(-c3ccc(C)c(C)c3)ccc2=O)cc1OC. The predicted octanol–water partition coefficient (Wildman–Crippen LogP) is 2.86. The molecule has 0 saturated heterocycles. The first-order chi connectivity index (χ1) is 14.4. The second-order valence-corrected chi connectivity index (χ2v) is 6.98. The molecule has 30 heavy (non-hydrogen) atoms. The zero-order valence-electron chi connectivity index (χ0n) is 17.6. The molecule has 0 unspecified atom stereocenters. The van der Waals surface area contributed by atoms with Gasteiger partial charge in [0.25, 0.3) is 5.56 Å². The Balaban J connectivity index is 1.70. The molecule has 0 spiro atoms. The molecular formula is C23H25N3O4. The lowest BCUT2D eigenvalue weighted by Crippen LogP contribution is -2.33. The van der Waals surface area contributed by atoms with Crippen molar-refractivity contribution >= 4 is 5.91 Å². The minimum Gasteiger partial charge on any atom is -0.493 e. The lowest BCUT2D eigenvalue weighted by molar-refractivity contribution is -0.122. The molecular weight excluding hydrogens is 382 g/mol. The summed E-state index contributed by atoms with van der Waals surface area (Å²) in [5.41, 5.74) is 4.39. The third kappa shape index (κ3) is 4.86. The van der Waals surface area contributed by atoms with Gasteiger partial charge in [-0.15, -0.1) is 0 Å². The molecule has 0 fully saturated rings. The Morgan fingerprint density at radius 3 is 2.43 bits per heavy atom. The lowest BCUT2D eigenvalue weighted by atomic mass is 10.0. The van der Waals surface area contributed by atoms with Crippen molar-refractivity contribution in [3.63, 3.8) is 0 Å². The molecule has 2 aromatic carbocycles. The first-order valence-corrected chi connectivity index (χ1v) is 9.54. The molecule has 0 radical (unpaired) electrons. The molecule has 7 heteroatoms. The summed E-state index contributed by atoms with van der Waals surface area (Å²) in [5, 5.41) is 7.17. The summed E-state index contributed by atoms with van der Waals surface area (Å²) in [4.78, 5) is 24.6. The van der Waals surface area contributed by atoms with E-state index in [2.05, 4.69) is 10.4 Å². The van der Waals surface area contributed by atoms with Gasteiger partial charge >= 0.3 is 0 Å². The average molecular weight is 407 g/mol. The summed E-state index contributed by atoms with van der Waals surface area (Å²) in [5.74, 6) is 0.895. The van der Waals surface area contributed by atoms with Gasteiger partial charge in [-0.25, -0.2) is 4.68 Å². The van der Waals surface area contributed by atoms with Crippen LogP contribution in [0.25, 0.3) is 11.3 Å². The number of carbonyl (C=O) groups is 1. The summed E-state index contributed by atoms with van der Waals surface area (Å²) in [6, 6.07) is 14.5. The number of nitrogens with zero attached hydrogens (tertiary/aromatic N) is 2. The molecule has 0 aliphatic carbocycles. The molecule has 1 N–H and O–H groups in total. The maximum Gasteiger partial charge on any atom is 0.267 e. The smallest absolute Gasteiger partial charge is 0.267 e. The average Bonchev–Trinajstić information content (AvgIpc) is 2.75. The molecule has 1 heterocycles. The van der Waals surface area contributed by atoms with E-state index in [0.29, 0.717) is 23.7 Å². The van der Waals surface area contributed by atoms with Crippen molar-refractivity contribution in [1.82, 2.24) is 15.1 Å². The van der Waals surface area contributed by atoms with Gasteiger partial charge in [0.2, 0.25) is 5.91 Å². The van der Waals surface area contributed by atoms with Crippen LogP contribution in [0.1, 0.15) is 16.7 Å². The molecule has 0 aliphatic rings. The third-order valence-corrected chi connectivity index (χ3v) is 4.90. The van der Waals surface area contributed by atoms with Crippen molar-refractivity contribution < 1.29 is 14.3 Å². The van der Waals surface area contributed by atoms with Crippen molar-refractivity contribution in [3.05, 3.63) is 75.6 Å². The van der Waals surface area contributed by atoms with Crippen molar-refractivity contribution in [2.75, 3.05) is 14.2 Å². The number of carbonyl (C=O) groups excluding carboxylic acids is 1. The summed E-state index contributed by atoms with van der Waals surface area (Å²) in [6.07, 6.45) is 0. The number of aryl methyl sites for hydroxylation is 2. The number of aromatic nitrogens is 2. The molecule has 0 bridgehead atoms. The molecule has 3 rings (SSSR count). The van der Waals surface area contributed by atoms with E-state index in [-0.39, 0.29) is 18.0 Å². The molecule has 0 aliphatic heterocycles. The van der Waals surface area contributed by atoms with Gasteiger partial charge < -0.3 is 14.8 Å². The summed E-state index contributed by atoms with van der Waals surface area (Å²) in [7, 11) is 3.12. The van der Waals surface area contributed by atoms with Crippen LogP contribution in [0.15, 0.2) is 53.3 Å². The Morgan fingerprint density at radius 1 is 0.967 bits per heavy atom. The van der Waals surface area contributed by atoms with Gasteiger partial charge in [0.1, 0.15) is 6.54 Å². The van der Waals surface area contributed by atoms with Gasteiger partial charge in [0.15, 0.2) is 11.5 Å². The van der Waals surface area contributed by atoms with Gasteiger partial charge in [-0.05, 0) is 54.8 Å². The highest BCUT2D eigenvalue weighted by Gasteiger charge is 2.10. The third-order valence-electron chi connectivity index (χ3n) is 4.90. The maximum atomic E-state index is 12.4. The van der Waals surface area contributed by atoms with Crippen molar-refractivity contribution in [1.29, 1.82) is 0 Å². The number of nitrogens with one attached hydrogen (secondary N) is 1. The fourth-order valence-corrected chi connectivity index (χ4v) is 3.00. The van der Waals surface area contributed by atoms with Crippen LogP contribution < -0.4 is 20.3 Å². The Kier molecular flexibility index (Phi) is 6.51. The maximum absolute atomic E-state index is 12.4. The first-order valence-electron chi connectivity index (χ1n) is 9.54. The Labute approximate surface area is 175 Å². The standard InChI is InChI=1S/C23H25N3O4/c1-15-5-7-18(11-16(15)2)19-8-10-23(28)26(25-19)14-22(27)24-13-17-6-9-20(29-3)21(12-17)30-4/h5-12H,13-14H2,1-4H3,(H,24,27). The number of hydrogen-bond donors (Lipinski definition) is 1. The van der Waals surface area contributed by atoms with E-state index in [9.17, 15) is 9.59 Å². The van der Waals surface area contributed by atoms with Crippen LogP contribution in [0.4, 0.5) is 0 Å². The highest BCUT2D eigenvalue weighted by molar-refractivity contribution is 5.75. The topological polar surface area (TPSA) is 82.5 Å². The highest BCUT2D eigenvalue weighted by atomic mass is 16.5. The van der Waals surface area contributed by atoms with Crippen molar-refractivity contribution in [2.45, 2.75) is 26.9 Å². The molecule has 0 saturated carbocycles. The fraction of sp³-hybridized carbons (Fsp3) is 0.261. The molecule has 3 aromatic rings. The van der Waals surface area contributed by atoms with E-state index in [4.69, 9.17) is 9.47 Å². The fourth-order valence-electron chi connectivity index (χ4n) is 3.00. The summed E-state index contributed by atoms with van der Waals surface area (Å²) >= 11 is 0. The van der Waals surface area contributed by atoms with Crippen molar-refractivity contribution in [2.24, 2.45) is 0 Å². The first kappa shape index (κ1) is 21.1. The van der Waals surface area contributed by atoms with Crippen LogP contribution in [-0.4, -0.2) is 29.9 Å². The lowest BCUT2D eigenvalue weighted by Gasteiger charge is -2.11. The number of amides is 1. The monoisotopic (exact) mass is 407 g/mol. The number of methoxy groups -OCH3 is 2. The van der Waals surface area contributed by atoms with Crippen molar-refractivity contribution in [3.8, 4) is 22.8 Å². The second-order valence-electron chi connectivity index (χ2n) is 6.98. The van der Waals surface area contributed by atoms with E-state index in [1.54, 1.807) is 32.4 Å². The Bertz CT molecular complexity index is 1120. The van der Waals surface area contributed by atoms with Crippen LogP contribution in [0.3, 0.4) is 0 Å². The van der Waals surface area contributed by atoms with Gasteiger partial charge in [-0.1, -0.05) is 18.2 Å². The van der Waals surface area contributed by atoms with Crippen LogP contribution in [-0.2, 0) is 17.9 Å². The van der Waals surface area contributed by atoms with Crippen LogP contribution in [0, 0.1) is 13.8 Å². The van der Waals surface area contributed by atoms with E-state index in [1.807, 2.05) is 38.1 Å². The van der Waals surface area contributed by atoms with Crippen LogP contribution in [0.2, 0.25) is 0 Å². The quantitative estimate of drug-likeness (QED) is 0.651. The minimum absolute atomic E-state index is 0.162. The van der Waals surface area contributed by atoms with Gasteiger partial charge in [0, 0.05) is 18.2 Å². The largest absolute Gasteiger partial charge is 0.493 e. The van der Waals surface area contributed by atoms with E-state index >= 15 is 0 Å². The zero-order valence-corrected chi connectivity index (χ0v) is 17.6. The van der Waals surface area contributed by atoms with E-state index in [0.717, 1.165) is 16.7 Å². The second kappa shape index (κ2) is 9.26. The number of ether oxygens (including phenoxy) is 2. The zero-order chi connectivity index (χ0) is 21.7. The number of hydrogen-bond acceptors (Lipinski definition) is 5. The summed E-state index contributed by atoms with van der Waals surface area (Å²) < 4.78 is 11.7. The highest BCUT2D eigenvalue weighted by Crippen LogP contribution is 2.27. The molecule has 1 amide bonds. The Hall–Kier alpha value is -3.61. The Morgan fingerprint density at radius 2 is 1.73 bits per heavy atom. The van der Waals surface area contributed by atoms with E-state index < -0.39 is 0 Å². The van der Waals surface area contributed by atoms with E-state index in [1.165, 1.54) is 16.3 Å². The number of rotatable bonds is 7. The molecule has 0 atom stereocenters. The normalized spacial score (nSPS) is 10.5. The predicted molar refractivity (Wildman–Crippen MR) is 115 cm³/mol. The molecule has 156 valence electrons. The van der Waals surface area contributed by atoms with Gasteiger partial charge in [-0.2, -0.15) is 5.10 Å². The summed E-state index contributed by atoms with van der Waals surface area (Å²) in [6.45, 7) is 4.20. The van der Waals surface area contributed by atoms with Crippen LogP contribution in [0.5, 0.6) is 11.5 Å². The van der Waals surface area contributed by atoms with Gasteiger partial charge in [-0.3, -0.25) is 9.59 Å².